The molecule has 6 heteroatoms. The molecule has 2 aromatic carbocycles. The Labute approximate surface area is 158 Å². The first-order chi connectivity index (χ1) is 13.3. The summed E-state index contributed by atoms with van der Waals surface area (Å²) in [5, 5.41) is 11.1. The van der Waals surface area contributed by atoms with Crippen LogP contribution in [0.15, 0.2) is 60.8 Å². The van der Waals surface area contributed by atoms with Crippen molar-refractivity contribution in [3.05, 3.63) is 72.2 Å². The van der Waals surface area contributed by atoms with Crippen LogP contribution in [0, 0.1) is 11.7 Å². The summed E-state index contributed by atoms with van der Waals surface area (Å²) in [7, 11) is 0. The van der Waals surface area contributed by atoms with Crippen molar-refractivity contribution in [2.75, 3.05) is 23.3 Å². The highest BCUT2D eigenvalue weighted by Crippen LogP contribution is 2.25. The lowest BCUT2D eigenvalue weighted by Gasteiger charge is -2.32. The van der Waals surface area contributed by atoms with E-state index in [-0.39, 0.29) is 5.82 Å². The minimum absolute atomic E-state index is 0.301. The Morgan fingerprint density at radius 3 is 2.63 bits per heavy atom. The van der Waals surface area contributed by atoms with Crippen LogP contribution in [0.25, 0.3) is 0 Å². The monoisotopic (exact) mass is 363 g/mol. The minimum Gasteiger partial charge on any atom is -0.355 e. The molecule has 138 valence electrons. The van der Waals surface area contributed by atoms with Crippen molar-refractivity contribution in [3.63, 3.8) is 0 Å². The number of nitrogens with zero attached hydrogens (tertiary/aromatic N) is 4. The van der Waals surface area contributed by atoms with Gasteiger partial charge in [0.1, 0.15) is 5.82 Å². The van der Waals surface area contributed by atoms with E-state index in [1.807, 2.05) is 0 Å². The molecular weight excluding hydrogens is 341 g/mol. The molecule has 0 amide bonds. The molecule has 5 nitrogen and oxygen atoms in total. The number of hydrogen-bond acceptors (Lipinski definition) is 5. The number of anilines is 3. The number of benzene rings is 2. The van der Waals surface area contributed by atoms with Crippen LogP contribution in [-0.2, 0) is 6.42 Å². The van der Waals surface area contributed by atoms with Gasteiger partial charge in [0.15, 0.2) is 5.82 Å². The summed E-state index contributed by atoms with van der Waals surface area (Å²) < 4.78 is 13.3. The Balaban J connectivity index is 1.37. The van der Waals surface area contributed by atoms with E-state index in [2.05, 4.69) is 55.7 Å². The van der Waals surface area contributed by atoms with Gasteiger partial charge < -0.3 is 10.2 Å². The van der Waals surface area contributed by atoms with E-state index in [1.54, 1.807) is 18.3 Å². The van der Waals surface area contributed by atoms with E-state index in [0.717, 1.165) is 38.2 Å². The summed E-state index contributed by atoms with van der Waals surface area (Å²) >= 11 is 0. The second-order valence-corrected chi connectivity index (χ2v) is 6.89. The summed E-state index contributed by atoms with van der Waals surface area (Å²) in [5.74, 6) is 1.58. The predicted molar refractivity (Wildman–Crippen MR) is 105 cm³/mol. The largest absolute Gasteiger partial charge is 0.355 e. The molecule has 27 heavy (non-hydrogen) atoms. The minimum atomic E-state index is -0.301. The van der Waals surface area contributed by atoms with Crippen LogP contribution in [0.1, 0.15) is 18.4 Å². The van der Waals surface area contributed by atoms with Crippen molar-refractivity contribution in [2.45, 2.75) is 19.3 Å². The maximum atomic E-state index is 13.3. The summed E-state index contributed by atoms with van der Waals surface area (Å²) in [6.45, 7) is 1.91. The SMILES string of the molecule is Fc1cccc(Nc2nncc(N3CCC(Cc4ccccc4)CC3)n2)c1. The maximum absolute atomic E-state index is 13.3. The van der Waals surface area contributed by atoms with E-state index in [0.29, 0.717) is 17.6 Å². The molecule has 4 rings (SSSR count). The first-order valence-corrected chi connectivity index (χ1v) is 9.27. The van der Waals surface area contributed by atoms with Gasteiger partial charge in [0, 0.05) is 18.8 Å². The number of rotatable bonds is 5. The standard InChI is InChI=1S/C21H22FN5/c22-18-7-4-8-19(14-18)24-21-25-20(15-23-26-21)27-11-9-17(10-12-27)13-16-5-2-1-3-6-16/h1-8,14-15,17H,9-13H2,(H,24,25,26). The molecule has 0 aliphatic carbocycles. The molecule has 1 aromatic heterocycles. The fraction of sp³-hybridized carbons (Fsp3) is 0.286. The fourth-order valence-corrected chi connectivity index (χ4v) is 3.51. The third-order valence-electron chi connectivity index (χ3n) is 4.93. The van der Waals surface area contributed by atoms with Crippen LogP contribution in [-0.4, -0.2) is 28.3 Å². The van der Waals surface area contributed by atoms with Crippen molar-refractivity contribution in [3.8, 4) is 0 Å². The van der Waals surface area contributed by atoms with Gasteiger partial charge in [-0.05, 0) is 48.9 Å². The van der Waals surface area contributed by atoms with E-state index in [4.69, 9.17) is 0 Å². The number of halogens is 1. The molecule has 0 radical (unpaired) electrons. The summed E-state index contributed by atoms with van der Waals surface area (Å²) in [4.78, 5) is 6.79. The second kappa shape index (κ2) is 8.12. The molecule has 0 saturated carbocycles. The van der Waals surface area contributed by atoms with Gasteiger partial charge in [-0.25, -0.2) is 4.39 Å². The Bertz CT molecular complexity index is 879. The summed E-state index contributed by atoms with van der Waals surface area (Å²) in [6, 6.07) is 16.9. The van der Waals surface area contributed by atoms with Gasteiger partial charge in [0.05, 0.1) is 6.20 Å². The molecule has 0 bridgehead atoms. The van der Waals surface area contributed by atoms with Gasteiger partial charge in [-0.1, -0.05) is 36.4 Å². The predicted octanol–water partition coefficient (Wildman–Crippen LogP) is 4.21. The molecule has 3 aromatic rings. The van der Waals surface area contributed by atoms with Crippen LogP contribution in [0.2, 0.25) is 0 Å². The summed E-state index contributed by atoms with van der Waals surface area (Å²) in [5.41, 5.74) is 2.01. The van der Waals surface area contributed by atoms with Crippen LogP contribution < -0.4 is 10.2 Å². The lowest BCUT2D eigenvalue weighted by Crippen LogP contribution is -2.35. The van der Waals surface area contributed by atoms with Gasteiger partial charge in [-0.3, -0.25) is 0 Å². The summed E-state index contributed by atoms with van der Waals surface area (Å²) in [6.07, 6.45) is 5.08. The maximum Gasteiger partial charge on any atom is 0.249 e. The van der Waals surface area contributed by atoms with Gasteiger partial charge >= 0.3 is 0 Å². The van der Waals surface area contributed by atoms with E-state index >= 15 is 0 Å². The molecule has 1 N–H and O–H groups in total. The molecule has 1 aliphatic heterocycles. The van der Waals surface area contributed by atoms with Crippen LogP contribution in [0.5, 0.6) is 0 Å². The zero-order valence-corrected chi connectivity index (χ0v) is 15.1. The number of nitrogens with one attached hydrogen (secondary N) is 1. The van der Waals surface area contributed by atoms with Crippen molar-refractivity contribution in [2.24, 2.45) is 5.92 Å². The quantitative estimate of drug-likeness (QED) is 0.736. The zero-order chi connectivity index (χ0) is 18.5. The normalized spacial score (nSPS) is 14.9. The van der Waals surface area contributed by atoms with Crippen molar-refractivity contribution < 1.29 is 4.39 Å². The molecule has 0 atom stereocenters. The van der Waals surface area contributed by atoms with E-state index in [1.165, 1.54) is 17.7 Å². The Morgan fingerprint density at radius 1 is 1.04 bits per heavy atom. The zero-order valence-electron chi connectivity index (χ0n) is 15.1. The Hall–Kier alpha value is -3.02. The number of piperidine rings is 1. The highest BCUT2D eigenvalue weighted by Gasteiger charge is 2.21. The first kappa shape index (κ1) is 17.4. The van der Waals surface area contributed by atoms with E-state index < -0.39 is 0 Å². The van der Waals surface area contributed by atoms with Crippen molar-refractivity contribution >= 4 is 17.5 Å². The lowest BCUT2D eigenvalue weighted by atomic mass is 9.90. The topological polar surface area (TPSA) is 53.9 Å². The Kier molecular flexibility index (Phi) is 5.23. The lowest BCUT2D eigenvalue weighted by molar-refractivity contribution is 0.402. The first-order valence-electron chi connectivity index (χ1n) is 9.27. The van der Waals surface area contributed by atoms with Crippen LogP contribution >= 0.6 is 0 Å². The van der Waals surface area contributed by atoms with Gasteiger partial charge in [0.2, 0.25) is 5.95 Å². The molecule has 2 heterocycles. The van der Waals surface area contributed by atoms with Gasteiger partial charge in [-0.15, -0.1) is 5.10 Å². The van der Waals surface area contributed by atoms with Crippen molar-refractivity contribution in [1.82, 2.24) is 15.2 Å². The van der Waals surface area contributed by atoms with E-state index in [9.17, 15) is 4.39 Å². The van der Waals surface area contributed by atoms with Crippen LogP contribution in [0.4, 0.5) is 21.8 Å². The average Bonchev–Trinajstić information content (AvgIpc) is 2.70. The molecule has 1 aliphatic rings. The van der Waals surface area contributed by atoms with Gasteiger partial charge in [-0.2, -0.15) is 10.1 Å². The fourth-order valence-electron chi connectivity index (χ4n) is 3.51. The Morgan fingerprint density at radius 2 is 1.85 bits per heavy atom. The number of aromatic nitrogens is 3. The highest BCUT2D eigenvalue weighted by atomic mass is 19.1. The molecule has 0 spiro atoms. The third-order valence-corrected chi connectivity index (χ3v) is 4.93. The molecular formula is C21H22FN5. The molecule has 1 fully saturated rings. The molecule has 1 saturated heterocycles. The van der Waals surface area contributed by atoms with Crippen molar-refractivity contribution in [1.29, 1.82) is 0 Å². The third kappa shape index (κ3) is 4.58. The smallest absolute Gasteiger partial charge is 0.249 e. The van der Waals surface area contributed by atoms with Crippen LogP contribution in [0.3, 0.4) is 0 Å². The van der Waals surface area contributed by atoms with Gasteiger partial charge in [0.25, 0.3) is 0 Å². The second-order valence-electron chi connectivity index (χ2n) is 6.89. The molecule has 0 unspecified atom stereocenters. The highest BCUT2D eigenvalue weighted by molar-refractivity contribution is 5.54. The average molecular weight is 363 g/mol. The number of hydrogen-bond donors (Lipinski definition) is 1.